The maximum atomic E-state index is 12.3. The van der Waals surface area contributed by atoms with Crippen LogP contribution in [0, 0.1) is 0 Å². The Morgan fingerprint density at radius 3 is 2.60 bits per heavy atom. The van der Waals surface area contributed by atoms with Crippen molar-refractivity contribution in [3.63, 3.8) is 0 Å². The van der Waals surface area contributed by atoms with Crippen molar-refractivity contribution in [2.24, 2.45) is 5.73 Å². The van der Waals surface area contributed by atoms with Crippen LogP contribution in [-0.2, 0) is 14.4 Å². The minimum absolute atomic E-state index is 0. The molecule has 3 rings (SSSR count). The van der Waals surface area contributed by atoms with Gasteiger partial charge in [0.1, 0.15) is 23.2 Å². The average Bonchev–Trinajstić information content (AvgIpc) is 2.59. The monoisotopic (exact) mass is 557 g/mol. The van der Waals surface area contributed by atoms with Gasteiger partial charge in [-0.25, -0.2) is 4.79 Å². The molecule has 0 saturated carbocycles. The summed E-state index contributed by atoms with van der Waals surface area (Å²) >= 11 is 1.43. The molecule has 2 heterocycles. The normalized spacial score (nSPS) is 23.1. The SMILES string of the molecule is CC1=C(C(=O)O)N2C(=O)[C@@H](NC(=O)[C@H](N)c3ccccc3)[C@H]2SC1.[PbH2]. The van der Waals surface area contributed by atoms with Crippen LogP contribution in [0.1, 0.15) is 18.5 Å². The van der Waals surface area contributed by atoms with Gasteiger partial charge in [-0.15, -0.1) is 11.8 Å². The standard InChI is InChI=1S/C16H17N3O4S.Pb.2H/c1-8-7-24-15-11(14(21)19(15)12(8)16(22)23)18-13(20)10(17)9-5-3-2-4-6-9;;;/h2-6,10-11,15H,7,17H2,1H3,(H,18,20)(H,22,23);;;/t10-,11-,15-;;;/m1.../s1. The zero-order valence-electron chi connectivity index (χ0n) is 13.6. The summed E-state index contributed by atoms with van der Waals surface area (Å²) < 4.78 is 0. The summed E-state index contributed by atoms with van der Waals surface area (Å²) in [7, 11) is 0. The molecule has 7 nitrogen and oxygen atoms in total. The van der Waals surface area contributed by atoms with Crippen molar-refractivity contribution in [1.29, 1.82) is 0 Å². The number of carboxylic acid groups (broad SMARTS) is 1. The fourth-order valence-corrected chi connectivity index (χ4v) is 4.12. The molecule has 0 spiro atoms. The summed E-state index contributed by atoms with van der Waals surface area (Å²) in [4.78, 5) is 37.2. The van der Waals surface area contributed by atoms with Gasteiger partial charge in [-0.3, -0.25) is 14.5 Å². The second-order valence-corrected chi connectivity index (χ2v) is 6.82. The summed E-state index contributed by atoms with van der Waals surface area (Å²) in [6.07, 6.45) is 0. The number of aliphatic carboxylic acids is 1. The molecule has 1 aromatic rings. The van der Waals surface area contributed by atoms with Crippen LogP contribution < -0.4 is 11.1 Å². The molecular formula is C16H19N3O4PbS. The Morgan fingerprint density at radius 1 is 1.36 bits per heavy atom. The van der Waals surface area contributed by atoms with E-state index in [1.54, 1.807) is 31.2 Å². The maximum absolute atomic E-state index is 12.3. The zero-order valence-corrected chi connectivity index (χ0v) is 20.0. The van der Waals surface area contributed by atoms with Crippen molar-refractivity contribution in [2.75, 3.05) is 5.75 Å². The summed E-state index contributed by atoms with van der Waals surface area (Å²) in [5.74, 6) is -1.50. The Kier molecular flexibility index (Phi) is 6.27. The van der Waals surface area contributed by atoms with Crippen LogP contribution in [-0.4, -0.2) is 72.3 Å². The molecule has 2 amide bonds. The summed E-state index contributed by atoms with van der Waals surface area (Å²) in [6, 6.07) is 7.23. The fraction of sp³-hybridized carbons (Fsp3) is 0.312. The van der Waals surface area contributed by atoms with Crippen molar-refractivity contribution in [3.8, 4) is 0 Å². The first-order valence-corrected chi connectivity index (χ1v) is 8.45. The van der Waals surface area contributed by atoms with Gasteiger partial charge in [-0.1, -0.05) is 30.3 Å². The first-order valence-electron chi connectivity index (χ1n) is 7.40. The zero-order chi connectivity index (χ0) is 17.4. The third-order valence-corrected chi connectivity index (χ3v) is 5.52. The molecule has 1 fully saturated rings. The van der Waals surface area contributed by atoms with Crippen molar-refractivity contribution < 1.29 is 19.5 Å². The van der Waals surface area contributed by atoms with Crippen molar-refractivity contribution in [1.82, 2.24) is 10.2 Å². The number of fused-ring (bicyclic) bond motifs is 1. The first kappa shape index (κ1) is 19.9. The van der Waals surface area contributed by atoms with Crippen LogP contribution in [0.15, 0.2) is 41.6 Å². The molecule has 0 unspecified atom stereocenters. The Morgan fingerprint density at radius 2 is 2.00 bits per heavy atom. The number of amides is 2. The molecule has 0 bridgehead atoms. The topological polar surface area (TPSA) is 113 Å². The summed E-state index contributed by atoms with van der Waals surface area (Å²) in [6.45, 7) is 1.69. The molecule has 1 aromatic carbocycles. The van der Waals surface area contributed by atoms with Crippen molar-refractivity contribution in [2.45, 2.75) is 24.4 Å². The van der Waals surface area contributed by atoms with Gasteiger partial charge in [0, 0.05) is 5.75 Å². The van der Waals surface area contributed by atoms with E-state index in [-0.39, 0.29) is 33.0 Å². The van der Waals surface area contributed by atoms with Crippen molar-refractivity contribution >= 4 is 56.8 Å². The molecular weight excluding hydrogens is 537 g/mol. The van der Waals surface area contributed by atoms with Crippen molar-refractivity contribution in [3.05, 3.63) is 47.2 Å². The van der Waals surface area contributed by atoms with Crippen LogP contribution in [0.25, 0.3) is 0 Å². The number of carboxylic acids is 1. The average molecular weight is 557 g/mol. The van der Waals surface area contributed by atoms with Gasteiger partial charge in [0.05, 0.1) is 0 Å². The second-order valence-electron chi connectivity index (χ2n) is 5.72. The fourth-order valence-electron chi connectivity index (χ4n) is 2.83. The van der Waals surface area contributed by atoms with Crippen LogP contribution in [0.2, 0.25) is 0 Å². The van der Waals surface area contributed by atoms with E-state index in [1.165, 1.54) is 16.7 Å². The van der Waals surface area contributed by atoms with Gasteiger partial charge in [0.15, 0.2) is 0 Å². The van der Waals surface area contributed by atoms with E-state index in [0.29, 0.717) is 16.9 Å². The molecule has 3 atom stereocenters. The van der Waals surface area contributed by atoms with E-state index in [0.717, 1.165) is 0 Å². The number of thioether (sulfide) groups is 1. The second kappa shape index (κ2) is 7.87. The Balaban J connectivity index is 0.00000225. The van der Waals surface area contributed by atoms with Crippen LogP contribution in [0.3, 0.4) is 0 Å². The number of carbonyl (C=O) groups excluding carboxylic acids is 2. The van der Waals surface area contributed by atoms with Gasteiger partial charge < -0.3 is 16.2 Å². The third kappa shape index (κ3) is 3.60. The van der Waals surface area contributed by atoms with E-state index in [2.05, 4.69) is 5.32 Å². The number of nitrogens with two attached hydrogens (primary N) is 1. The molecule has 0 aliphatic carbocycles. The first-order chi connectivity index (χ1) is 11.4. The molecule has 4 N–H and O–H groups in total. The van der Waals surface area contributed by atoms with Crippen LogP contribution in [0.5, 0.6) is 0 Å². The Bertz CT molecular complexity index is 740. The van der Waals surface area contributed by atoms with Gasteiger partial charge in [0.25, 0.3) is 5.91 Å². The number of hydrogen-bond donors (Lipinski definition) is 3. The predicted molar refractivity (Wildman–Crippen MR) is 97.3 cm³/mol. The Hall–Kier alpha value is -1.40. The number of benzene rings is 1. The Labute approximate surface area is 169 Å². The quantitative estimate of drug-likeness (QED) is 0.342. The molecule has 2 radical (unpaired) electrons. The van der Waals surface area contributed by atoms with E-state index >= 15 is 0 Å². The third-order valence-electron chi connectivity index (χ3n) is 4.10. The summed E-state index contributed by atoms with van der Waals surface area (Å²) in [5, 5.41) is 11.5. The number of rotatable bonds is 4. The van der Waals surface area contributed by atoms with E-state index in [9.17, 15) is 19.5 Å². The minimum atomic E-state index is -1.13. The number of β-lactam (4-membered cyclic amide) rings is 1. The van der Waals surface area contributed by atoms with E-state index < -0.39 is 35.2 Å². The molecule has 132 valence electrons. The molecule has 2 aliphatic rings. The molecule has 25 heavy (non-hydrogen) atoms. The number of nitrogens with zero attached hydrogens (tertiary/aromatic N) is 1. The molecule has 0 aromatic heterocycles. The predicted octanol–water partition coefficient (Wildman–Crippen LogP) is -0.471. The molecule has 9 heteroatoms. The molecule has 2 aliphatic heterocycles. The van der Waals surface area contributed by atoms with Crippen LogP contribution >= 0.6 is 11.8 Å². The number of carbonyl (C=O) groups is 3. The van der Waals surface area contributed by atoms with E-state index in [1.807, 2.05) is 6.07 Å². The summed E-state index contributed by atoms with van der Waals surface area (Å²) in [5.41, 5.74) is 7.24. The number of nitrogens with one attached hydrogen (secondary N) is 1. The number of hydrogen-bond acceptors (Lipinski definition) is 5. The molecule has 1 saturated heterocycles. The van der Waals surface area contributed by atoms with Gasteiger partial charge in [-0.2, -0.15) is 0 Å². The van der Waals surface area contributed by atoms with Crippen LogP contribution in [0.4, 0.5) is 0 Å². The van der Waals surface area contributed by atoms with Gasteiger partial charge >= 0.3 is 33.3 Å². The van der Waals surface area contributed by atoms with Gasteiger partial charge in [0.2, 0.25) is 5.91 Å². The van der Waals surface area contributed by atoms with Gasteiger partial charge in [-0.05, 0) is 18.1 Å². The van der Waals surface area contributed by atoms with E-state index in [4.69, 9.17) is 5.73 Å².